The van der Waals surface area contributed by atoms with Crippen LogP contribution in [0.1, 0.15) is 10.4 Å². The van der Waals surface area contributed by atoms with E-state index in [1.165, 1.54) is 21.7 Å². The average molecular weight is 343 g/mol. The molecule has 5 heteroatoms. The summed E-state index contributed by atoms with van der Waals surface area (Å²) in [6, 6.07) is 21.6. The zero-order chi connectivity index (χ0) is 15.2. The molecule has 0 aliphatic rings. The Hall–Kier alpha value is -1.69. The number of carbonyl (C=O) groups is 1. The van der Waals surface area contributed by atoms with E-state index >= 15 is 0 Å². The SMILES string of the molecule is O=C(NSc1cc(Sc2ccccc2)cs1)c1ccccc1. The van der Waals surface area contributed by atoms with Gasteiger partial charge in [-0.05, 0) is 42.3 Å². The van der Waals surface area contributed by atoms with Gasteiger partial charge >= 0.3 is 0 Å². The lowest BCUT2D eigenvalue weighted by molar-refractivity contribution is 0.0984. The molecule has 1 amide bonds. The fourth-order valence-electron chi connectivity index (χ4n) is 1.78. The average Bonchev–Trinajstić information content (AvgIpc) is 3.02. The molecule has 0 unspecified atom stereocenters. The van der Waals surface area contributed by atoms with Gasteiger partial charge in [0, 0.05) is 20.7 Å². The van der Waals surface area contributed by atoms with Crippen LogP contribution < -0.4 is 4.72 Å². The highest BCUT2D eigenvalue weighted by atomic mass is 32.2. The first-order chi connectivity index (χ1) is 10.8. The molecular formula is C17H13NOS3. The molecule has 1 aromatic heterocycles. The summed E-state index contributed by atoms with van der Waals surface area (Å²) < 4.78 is 3.94. The van der Waals surface area contributed by atoms with E-state index in [1.54, 1.807) is 35.2 Å². The third-order valence-electron chi connectivity index (χ3n) is 2.81. The van der Waals surface area contributed by atoms with Gasteiger partial charge < -0.3 is 0 Å². The second-order valence-electron chi connectivity index (χ2n) is 4.42. The van der Waals surface area contributed by atoms with Gasteiger partial charge in [-0.25, -0.2) is 0 Å². The highest BCUT2D eigenvalue weighted by Crippen LogP contribution is 2.34. The van der Waals surface area contributed by atoms with Crippen molar-refractivity contribution in [2.45, 2.75) is 14.0 Å². The number of amides is 1. The molecule has 0 atom stereocenters. The van der Waals surface area contributed by atoms with Crippen LogP contribution in [-0.2, 0) is 0 Å². The van der Waals surface area contributed by atoms with Gasteiger partial charge in [0.1, 0.15) is 0 Å². The Labute approximate surface area is 142 Å². The van der Waals surface area contributed by atoms with Crippen LogP contribution in [-0.4, -0.2) is 5.91 Å². The van der Waals surface area contributed by atoms with Crippen LogP contribution in [0.5, 0.6) is 0 Å². The molecule has 0 radical (unpaired) electrons. The molecule has 110 valence electrons. The summed E-state index contributed by atoms with van der Waals surface area (Å²) in [5.74, 6) is -0.0729. The first-order valence-corrected chi connectivity index (χ1v) is 9.16. The van der Waals surface area contributed by atoms with Crippen LogP contribution in [0.15, 0.2) is 86.1 Å². The van der Waals surface area contributed by atoms with Gasteiger partial charge in [0.25, 0.3) is 5.91 Å². The minimum Gasteiger partial charge on any atom is -0.291 e. The zero-order valence-corrected chi connectivity index (χ0v) is 14.0. The van der Waals surface area contributed by atoms with E-state index in [-0.39, 0.29) is 5.91 Å². The smallest absolute Gasteiger partial charge is 0.261 e. The predicted octanol–water partition coefficient (Wildman–Crippen LogP) is 5.34. The van der Waals surface area contributed by atoms with Gasteiger partial charge in [0.05, 0.1) is 4.21 Å². The molecule has 2 nitrogen and oxygen atoms in total. The fraction of sp³-hybridized carbons (Fsp3) is 0. The highest BCUT2D eigenvalue weighted by Gasteiger charge is 2.07. The number of nitrogens with one attached hydrogen (secondary N) is 1. The molecule has 1 N–H and O–H groups in total. The summed E-state index contributed by atoms with van der Waals surface area (Å²) in [6.07, 6.45) is 0. The van der Waals surface area contributed by atoms with E-state index in [0.717, 1.165) is 4.21 Å². The molecule has 0 saturated carbocycles. The predicted molar refractivity (Wildman–Crippen MR) is 94.6 cm³/mol. The molecule has 0 fully saturated rings. The minimum atomic E-state index is -0.0729. The summed E-state index contributed by atoms with van der Waals surface area (Å²) in [7, 11) is 0. The molecule has 0 spiro atoms. The topological polar surface area (TPSA) is 29.1 Å². The Kier molecular flexibility index (Phi) is 5.21. The summed E-state index contributed by atoms with van der Waals surface area (Å²) in [4.78, 5) is 14.4. The van der Waals surface area contributed by atoms with Gasteiger partial charge in [-0.1, -0.05) is 48.2 Å². The second kappa shape index (κ2) is 7.54. The molecular weight excluding hydrogens is 330 g/mol. The zero-order valence-electron chi connectivity index (χ0n) is 11.6. The summed E-state index contributed by atoms with van der Waals surface area (Å²) in [5.41, 5.74) is 0.672. The summed E-state index contributed by atoms with van der Waals surface area (Å²) >= 11 is 4.72. The summed E-state index contributed by atoms with van der Waals surface area (Å²) in [6.45, 7) is 0. The van der Waals surface area contributed by atoms with E-state index in [1.807, 2.05) is 36.4 Å². The van der Waals surface area contributed by atoms with Crippen molar-refractivity contribution in [1.82, 2.24) is 4.72 Å². The Balaban J connectivity index is 1.57. The molecule has 0 aliphatic heterocycles. The van der Waals surface area contributed by atoms with E-state index in [2.05, 4.69) is 28.3 Å². The van der Waals surface area contributed by atoms with Crippen molar-refractivity contribution in [1.29, 1.82) is 0 Å². The second-order valence-corrected chi connectivity index (χ2v) is 7.58. The lowest BCUT2D eigenvalue weighted by Crippen LogP contribution is -2.14. The fourth-order valence-corrected chi connectivity index (χ4v) is 4.46. The first-order valence-electron chi connectivity index (χ1n) is 6.65. The maximum Gasteiger partial charge on any atom is 0.261 e. The summed E-state index contributed by atoms with van der Waals surface area (Å²) in [5, 5.41) is 2.11. The maximum absolute atomic E-state index is 12.0. The molecule has 1 heterocycles. The number of thiophene rings is 1. The van der Waals surface area contributed by atoms with Gasteiger partial charge in [-0.3, -0.25) is 9.52 Å². The van der Waals surface area contributed by atoms with E-state index < -0.39 is 0 Å². The largest absolute Gasteiger partial charge is 0.291 e. The lowest BCUT2D eigenvalue weighted by Gasteiger charge is -2.01. The number of rotatable bonds is 5. The molecule has 22 heavy (non-hydrogen) atoms. The van der Waals surface area contributed by atoms with E-state index in [9.17, 15) is 4.79 Å². The van der Waals surface area contributed by atoms with E-state index in [4.69, 9.17) is 0 Å². The van der Waals surface area contributed by atoms with Gasteiger partial charge in [0.15, 0.2) is 0 Å². The van der Waals surface area contributed by atoms with Crippen molar-refractivity contribution in [3.63, 3.8) is 0 Å². The number of benzene rings is 2. The van der Waals surface area contributed by atoms with Crippen molar-refractivity contribution < 1.29 is 4.79 Å². The Morgan fingerprint density at radius 1 is 0.909 bits per heavy atom. The Morgan fingerprint density at radius 2 is 1.59 bits per heavy atom. The molecule has 0 bridgehead atoms. The monoisotopic (exact) mass is 343 g/mol. The van der Waals surface area contributed by atoms with E-state index in [0.29, 0.717) is 5.56 Å². The minimum absolute atomic E-state index is 0.0729. The van der Waals surface area contributed by atoms with Crippen LogP contribution in [0.4, 0.5) is 0 Å². The molecule has 3 aromatic rings. The molecule has 2 aromatic carbocycles. The van der Waals surface area contributed by atoms with Crippen LogP contribution in [0.3, 0.4) is 0 Å². The highest BCUT2D eigenvalue weighted by molar-refractivity contribution is 8.00. The van der Waals surface area contributed by atoms with Crippen LogP contribution >= 0.6 is 35.0 Å². The van der Waals surface area contributed by atoms with Gasteiger partial charge in [-0.2, -0.15) is 0 Å². The third kappa shape index (κ3) is 4.16. The Morgan fingerprint density at radius 3 is 2.32 bits per heavy atom. The molecule has 0 saturated heterocycles. The van der Waals surface area contributed by atoms with Crippen molar-refractivity contribution in [2.24, 2.45) is 0 Å². The van der Waals surface area contributed by atoms with Crippen LogP contribution in [0, 0.1) is 0 Å². The van der Waals surface area contributed by atoms with Crippen LogP contribution in [0.25, 0.3) is 0 Å². The van der Waals surface area contributed by atoms with Gasteiger partial charge in [-0.15, -0.1) is 11.3 Å². The van der Waals surface area contributed by atoms with Crippen molar-refractivity contribution in [3.05, 3.63) is 77.7 Å². The van der Waals surface area contributed by atoms with Gasteiger partial charge in [0.2, 0.25) is 0 Å². The molecule has 3 rings (SSSR count). The third-order valence-corrected chi connectivity index (χ3v) is 5.81. The van der Waals surface area contributed by atoms with Crippen molar-refractivity contribution >= 4 is 41.0 Å². The maximum atomic E-state index is 12.0. The number of carbonyl (C=O) groups excluding carboxylic acids is 1. The Bertz CT molecular complexity index is 741. The first kappa shape index (κ1) is 15.2. The molecule has 0 aliphatic carbocycles. The number of hydrogen-bond donors (Lipinski definition) is 1. The lowest BCUT2D eigenvalue weighted by atomic mass is 10.2. The quantitative estimate of drug-likeness (QED) is 0.634. The number of hydrogen-bond acceptors (Lipinski definition) is 4. The van der Waals surface area contributed by atoms with Crippen molar-refractivity contribution in [3.8, 4) is 0 Å². The normalized spacial score (nSPS) is 10.4. The van der Waals surface area contributed by atoms with Crippen molar-refractivity contribution in [2.75, 3.05) is 0 Å². The van der Waals surface area contributed by atoms with Crippen LogP contribution in [0.2, 0.25) is 0 Å². The standard InChI is InChI=1S/C17H13NOS3/c19-17(13-7-3-1-4-8-13)18-22-16-11-15(12-20-16)21-14-9-5-2-6-10-14/h1-12H,(H,18,19).